The average Bonchev–Trinajstić information content (AvgIpc) is 2.24. The highest BCUT2D eigenvalue weighted by atomic mass is 79.9. The molecule has 0 radical (unpaired) electrons. The molecule has 0 aliphatic carbocycles. The first kappa shape index (κ1) is 14.8. The van der Waals surface area contributed by atoms with E-state index in [1.165, 1.54) is 12.1 Å². The lowest BCUT2D eigenvalue weighted by Gasteiger charge is -2.12. The van der Waals surface area contributed by atoms with Crippen molar-refractivity contribution in [2.45, 2.75) is 19.0 Å². The monoisotopic (exact) mass is 325 g/mol. The molecule has 1 rings (SSSR count). The number of nitrogens with one attached hydrogen (secondary N) is 1. The van der Waals surface area contributed by atoms with Gasteiger partial charge in [0.15, 0.2) is 0 Å². The minimum atomic E-state index is -4.42. The van der Waals surface area contributed by atoms with Crippen molar-refractivity contribution in [3.8, 4) is 0 Å². The normalized spacial score (nSPS) is 11.3. The van der Waals surface area contributed by atoms with Crippen molar-refractivity contribution in [3.63, 3.8) is 0 Å². The molecule has 0 atom stereocenters. The van der Waals surface area contributed by atoms with Crippen LogP contribution in [0.1, 0.15) is 18.4 Å². The van der Waals surface area contributed by atoms with E-state index in [1.807, 2.05) is 0 Å². The van der Waals surface area contributed by atoms with Gasteiger partial charge in [-0.05, 0) is 24.6 Å². The van der Waals surface area contributed by atoms with Gasteiger partial charge in [-0.1, -0.05) is 15.9 Å². The zero-order valence-electron chi connectivity index (χ0n) is 9.22. The summed E-state index contributed by atoms with van der Waals surface area (Å²) in [6.45, 7) is 0.311. The van der Waals surface area contributed by atoms with E-state index in [2.05, 4.69) is 21.2 Å². The lowest BCUT2D eigenvalue weighted by atomic mass is 10.2. The highest BCUT2D eigenvalue weighted by molar-refractivity contribution is 9.10. The maximum absolute atomic E-state index is 12.6. The summed E-state index contributed by atoms with van der Waals surface area (Å²) in [5.74, 6) is -0.927. The van der Waals surface area contributed by atoms with Crippen LogP contribution in [0.5, 0.6) is 0 Å². The molecule has 0 saturated carbocycles. The molecule has 1 aromatic rings. The summed E-state index contributed by atoms with van der Waals surface area (Å²) in [7, 11) is 0. The third-order valence-corrected chi connectivity index (χ3v) is 2.86. The first-order chi connectivity index (χ1) is 8.30. The molecule has 18 heavy (non-hydrogen) atoms. The summed E-state index contributed by atoms with van der Waals surface area (Å²) in [6, 6.07) is 3.80. The van der Waals surface area contributed by atoms with Gasteiger partial charge < -0.3 is 10.4 Å². The molecule has 0 aliphatic heterocycles. The maximum atomic E-state index is 12.6. The van der Waals surface area contributed by atoms with Gasteiger partial charge in [0.2, 0.25) is 0 Å². The second-order valence-electron chi connectivity index (χ2n) is 3.62. The number of carboxylic acids is 1. The molecule has 0 bridgehead atoms. The van der Waals surface area contributed by atoms with Gasteiger partial charge in [0, 0.05) is 23.1 Å². The first-order valence-corrected chi connectivity index (χ1v) is 5.92. The van der Waals surface area contributed by atoms with Crippen molar-refractivity contribution in [1.82, 2.24) is 0 Å². The van der Waals surface area contributed by atoms with Crippen LogP contribution in [0, 0.1) is 0 Å². The molecule has 0 aromatic heterocycles. The zero-order valence-corrected chi connectivity index (χ0v) is 10.8. The van der Waals surface area contributed by atoms with E-state index in [4.69, 9.17) is 5.11 Å². The Kier molecular flexibility index (Phi) is 5.01. The van der Waals surface area contributed by atoms with Crippen molar-refractivity contribution in [1.29, 1.82) is 0 Å². The largest absolute Gasteiger partial charge is 0.481 e. The Morgan fingerprint density at radius 1 is 1.39 bits per heavy atom. The molecule has 0 heterocycles. The molecule has 0 aliphatic rings. The minimum absolute atomic E-state index is 0.0182. The van der Waals surface area contributed by atoms with Crippen molar-refractivity contribution >= 4 is 27.6 Å². The van der Waals surface area contributed by atoms with Crippen LogP contribution in [0.25, 0.3) is 0 Å². The Morgan fingerprint density at radius 2 is 2.06 bits per heavy atom. The van der Waals surface area contributed by atoms with Gasteiger partial charge in [-0.2, -0.15) is 13.2 Å². The number of aliphatic carboxylic acids is 1. The van der Waals surface area contributed by atoms with Gasteiger partial charge in [-0.25, -0.2) is 0 Å². The molecule has 7 heteroatoms. The van der Waals surface area contributed by atoms with Gasteiger partial charge >= 0.3 is 12.1 Å². The highest BCUT2D eigenvalue weighted by Crippen LogP contribution is 2.36. The SMILES string of the molecule is O=C(O)CCCNc1ccc(Br)c(C(F)(F)F)c1. The van der Waals surface area contributed by atoms with Crippen LogP contribution >= 0.6 is 15.9 Å². The number of halogens is 4. The van der Waals surface area contributed by atoms with E-state index in [9.17, 15) is 18.0 Å². The summed E-state index contributed by atoms with van der Waals surface area (Å²) in [5.41, 5.74) is -0.443. The quantitative estimate of drug-likeness (QED) is 0.811. The predicted octanol–water partition coefficient (Wildman–Crippen LogP) is 3.74. The summed E-state index contributed by atoms with van der Waals surface area (Å²) < 4.78 is 37.7. The molecular formula is C11H11BrF3NO2. The Balaban J connectivity index is 2.65. The molecule has 0 spiro atoms. The Morgan fingerprint density at radius 3 is 2.61 bits per heavy atom. The molecule has 0 unspecified atom stereocenters. The average molecular weight is 326 g/mol. The third-order valence-electron chi connectivity index (χ3n) is 2.17. The van der Waals surface area contributed by atoms with Gasteiger partial charge in [0.1, 0.15) is 0 Å². The van der Waals surface area contributed by atoms with Crippen LogP contribution in [0.4, 0.5) is 18.9 Å². The third kappa shape index (κ3) is 4.56. The number of alkyl halides is 3. The van der Waals surface area contributed by atoms with Gasteiger partial charge in [0.25, 0.3) is 0 Å². The van der Waals surface area contributed by atoms with Gasteiger partial charge in [0.05, 0.1) is 5.56 Å². The van der Waals surface area contributed by atoms with Crippen molar-refractivity contribution in [2.24, 2.45) is 0 Å². The van der Waals surface area contributed by atoms with E-state index in [1.54, 1.807) is 0 Å². The number of anilines is 1. The van der Waals surface area contributed by atoms with E-state index < -0.39 is 17.7 Å². The standard InChI is InChI=1S/C11H11BrF3NO2/c12-9-4-3-7(6-8(9)11(13,14)15)16-5-1-2-10(17)18/h3-4,6,16H,1-2,5H2,(H,17,18). The van der Waals surface area contributed by atoms with Crippen LogP contribution < -0.4 is 5.32 Å². The molecular weight excluding hydrogens is 315 g/mol. The van der Waals surface area contributed by atoms with Crippen LogP contribution in [0.3, 0.4) is 0 Å². The lowest BCUT2D eigenvalue weighted by Crippen LogP contribution is -2.09. The Labute approximate surface area is 110 Å². The Hall–Kier alpha value is -1.24. The molecule has 100 valence electrons. The highest BCUT2D eigenvalue weighted by Gasteiger charge is 2.33. The minimum Gasteiger partial charge on any atom is -0.481 e. The summed E-state index contributed by atoms with van der Waals surface area (Å²) in [5, 5.41) is 11.2. The second-order valence-corrected chi connectivity index (χ2v) is 4.47. The molecule has 3 nitrogen and oxygen atoms in total. The molecule has 2 N–H and O–H groups in total. The van der Waals surface area contributed by atoms with Crippen molar-refractivity contribution < 1.29 is 23.1 Å². The molecule has 0 fully saturated rings. The van der Waals surface area contributed by atoms with Crippen molar-refractivity contribution in [2.75, 3.05) is 11.9 Å². The summed E-state index contributed by atoms with van der Waals surface area (Å²) >= 11 is 2.84. The van der Waals surface area contributed by atoms with Crippen LogP contribution in [-0.4, -0.2) is 17.6 Å². The first-order valence-electron chi connectivity index (χ1n) is 5.13. The van der Waals surface area contributed by atoms with E-state index in [-0.39, 0.29) is 10.9 Å². The van der Waals surface area contributed by atoms with Crippen molar-refractivity contribution in [3.05, 3.63) is 28.2 Å². The van der Waals surface area contributed by atoms with Crippen LogP contribution in [-0.2, 0) is 11.0 Å². The molecule has 0 saturated heterocycles. The smallest absolute Gasteiger partial charge is 0.417 e. The van der Waals surface area contributed by atoms with Crippen LogP contribution in [0.2, 0.25) is 0 Å². The zero-order chi connectivity index (χ0) is 13.8. The van der Waals surface area contributed by atoms with E-state index in [0.717, 1.165) is 6.07 Å². The second kappa shape index (κ2) is 6.08. The fourth-order valence-corrected chi connectivity index (χ4v) is 1.80. The summed E-state index contributed by atoms with van der Waals surface area (Å²) in [4.78, 5) is 10.3. The predicted molar refractivity (Wildman–Crippen MR) is 64.5 cm³/mol. The van der Waals surface area contributed by atoms with Gasteiger partial charge in [-0.15, -0.1) is 0 Å². The number of carbonyl (C=O) groups is 1. The number of carboxylic acid groups (broad SMARTS) is 1. The fourth-order valence-electron chi connectivity index (χ4n) is 1.32. The van der Waals surface area contributed by atoms with E-state index in [0.29, 0.717) is 18.7 Å². The number of hydrogen-bond donors (Lipinski definition) is 2. The number of benzene rings is 1. The summed E-state index contributed by atoms with van der Waals surface area (Å²) in [6.07, 6.45) is -4.08. The lowest BCUT2D eigenvalue weighted by molar-refractivity contribution is -0.138. The number of hydrogen-bond acceptors (Lipinski definition) is 2. The topological polar surface area (TPSA) is 49.3 Å². The van der Waals surface area contributed by atoms with Crippen LogP contribution in [0.15, 0.2) is 22.7 Å². The van der Waals surface area contributed by atoms with E-state index >= 15 is 0 Å². The number of rotatable bonds is 5. The Bertz CT molecular complexity index is 435. The maximum Gasteiger partial charge on any atom is 0.417 e. The molecule has 1 aromatic carbocycles. The fraction of sp³-hybridized carbons (Fsp3) is 0.364. The molecule has 0 amide bonds. The van der Waals surface area contributed by atoms with Gasteiger partial charge in [-0.3, -0.25) is 4.79 Å².